The van der Waals surface area contributed by atoms with Gasteiger partial charge in [0.25, 0.3) is 0 Å². The van der Waals surface area contributed by atoms with E-state index in [1.165, 1.54) is 17.2 Å². The molecule has 0 spiro atoms. The van der Waals surface area contributed by atoms with Crippen LogP contribution in [0.3, 0.4) is 0 Å². The minimum atomic E-state index is -0.877. The number of hydrogen-bond donors (Lipinski definition) is 2. The van der Waals surface area contributed by atoms with E-state index in [0.717, 1.165) is 35.9 Å². The summed E-state index contributed by atoms with van der Waals surface area (Å²) in [6, 6.07) is 12.7. The largest absolute Gasteiger partial charge is 0.360 e. The van der Waals surface area contributed by atoms with Crippen LogP contribution in [0.1, 0.15) is 34.9 Å². The number of fused-ring (bicyclic) bond motifs is 1. The Hall–Kier alpha value is -3.47. The third kappa shape index (κ3) is 3.96. The Labute approximate surface area is 174 Å². The van der Waals surface area contributed by atoms with E-state index >= 15 is 0 Å². The van der Waals surface area contributed by atoms with Crippen molar-refractivity contribution in [2.24, 2.45) is 0 Å². The van der Waals surface area contributed by atoms with Gasteiger partial charge in [-0.25, -0.2) is 8.78 Å². The van der Waals surface area contributed by atoms with Gasteiger partial charge in [-0.1, -0.05) is 25.6 Å². The van der Waals surface area contributed by atoms with Crippen LogP contribution < -0.4 is 5.32 Å². The third-order valence-electron chi connectivity index (χ3n) is 5.33. The smallest absolute Gasteiger partial charge is 0.160 e. The molecule has 0 bridgehead atoms. The summed E-state index contributed by atoms with van der Waals surface area (Å²) in [5.41, 5.74) is 7.37. The predicted octanol–water partition coefficient (Wildman–Crippen LogP) is 6.39. The van der Waals surface area contributed by atoms with E-state index in [1.807, 2.05) is 12.3 Å². The molecule has 3 nitrogen and oxygen atoms in total. The van der Waals surface area contributed by atoms with Crippen molar-refractivity contribution in [3.05, 3.63) is 101 Å². The minimum absolute atomic E-state index is 0.529. The molecule has 2 N–H and O–H groups in total. The minimum Gasteiger partial charge on any atom is -0.360 e. The number of pyridine rings is 1. The average molecular weight is 403 g/mol. The van der Waals surface area contributed by atoms with Crippen molar-refractivity contribution < 1.29 is 8.78 Å². The van der Waals surface area contributed by atoms with Crippen LogP contribution in [0.15, 0.2) is 61.4 Å². The molecule has 2 aromatic carbocycles. The van der Waals surface area contributed by atoms with Gasteiger partial charge in [-0.15, -0.1) is 0 Å². The maximum Gasteiger partial charge on any atom is 0.160 e. The Morgan fingerprint density at radius 3 is 2.60 bits per heavy atom. The molecule has 0 atom stereocenters. The van der Waals surface area contributed by atoms with Crippen LogP contribution in [-0.4, -0.2) is 9.97 Å². The number of H-pyrrole nitrogens is 1. The first kappa shape index (κ1) is 19.8. The summed E-state index contributed by atoms with van der Waals surface area (Å²) in [4.78, 5) is 7.43. The molecule has 0 radical (unpaired) electrons. The van der Waals surface area contributed by atoms with Crippen molar-refractivity contribution >= 4 is 22.3 Å². The van der Waals surface area contributed by atoms with E-state index in [-0.39, 0.29) is 0 Å². The van der Waals surface area contributed by atoms with Gasteiger partial charge in [0.2, 0.25) is 0 Å². The molecule has 0 aliphatic rings. The Morgan fingerprint density at radius 2 is 1.90 bits per heavy atom. The zero-order valence-electron chi connectivity index (χ0n) is 17.0. The quantitative estimate of drug-likeness (QED) is 0.392. The van der Waals surface area contributed by atoms with E-state index < -0.39 is 11.6 Å². The summed E-state index contributed by atoms with van der Waals surface area (Å²) in [6.45, 7) is 8.24. The van der Waals surface area contributed by atoms with Crippen LogP contribution in [0, 0.1) is 18.6 Å². The molecule has 0 aliphatic carbocycles. The average Bonchev–Trinajstić information content (AvgIpc) is 3.13. The highest BCUT2D eigenvalue weighted by atomic mass is 19.2. The van der Waals surface area contributed by atoms with Gasteiger partial charge in [-0.3, -0.25) is 4.98 Å². The highest BCUT2D eigenvalue weighted by Gasteiger charge is 2.12. The van der Waals surface area contributed by atoms with Crippen LogP contribution >= 0.6 is 0 Å². The van der Waals surface area contributed by atoms with Crippen molar-refractivity contribution in [2.75, 3.05) is 5.32 Å². The van der Waals surface area contributed by atoms with Crippen LogP contribution in [0.4, 0.5) is 14.5 Å². The summed E-state index contributed by atoms with van der Waals surface area (Å²) in [6.07, 6.45) is 5.39. The Morgan fingerprint density at radius 1 is 1.10 bits per heavy atom. The number of nitrogens with zero attached hydrogens (tertiary/aromatic N) is 1. The summed E-state index contributed by atoms with van der Waals surface area (Å²) in [7, 11) is 0. The number of nitrogens with one attached hydrogen (secondary N) is 2. The molecule has 4 aromatic rings. The molecule has 4 rings (SSSR count). The molecule has 5 heteroatoms. The molecule has 0 aliphatic heterocycles. The molecular weight excluding hydrogens is 380 g/mol. The lowest BCUT2D eigenvalue weighted by atomic mass is 10.0. The first-order chi connectivity index (χ1) is 14.4. The molecular formula is C25H23F2N3. The fourth-order valence-corrected chi connectivity index (χ4v) is 3.57. The van der Waals surface area contributed by atoms with Gasteiger partial charge < -0.3 is 10.3 Å². The highest BCUT2D eigenvalue weighted by molar-refractivity contribution is 5.94. The standard InChI is InChI=1S/C25H23F2N3/c1-4-19-7-5-17(13-28-19)10-18-6-8-20(9-15(18)2)30-16(3)22-14-29-25-12-24(27)23(26)11-21(22)25/h5-9,11-14,29-30H,3-4,10H2,1-2H3. The molecule has 0 saturated heterocycles. The fourth-order valence-electron chi connectivity index (χ4n) is 3.57. The van der Waals surface area contributed by atoms with Crippen molar-refractivity contribution in [3.8, 4) is 0 Å². The lowest BCUT2D eigenvalue weighted by Crippen LogP contribution is -1.99. The normalized spacial score (nSPS) is 11.1. The summed E-state index contributed by atoms with van der Waals surface area (Å²) >= 11 is 0. The predicted molar refractivity (Wildman–Crippen MR) is 118 cm³/mol. The number of hydrogen-bond acceptors (Lipinski definition) is 2. The monoisotopic (exact) mass is 403 g/mol. The lowest BCUT2D eigenvalue weighted by molar-refractivity contribution is 0.511. The maximum absolute atomic E-state index is 13.7. The van der Waals surface area contributed by atoms with Crippen LogP contribution in [0.5, 0.6) is 0 Å². The summed E-state index contributed by atoms with van der Waals surface area (Å²) in [5.74, 6) is -1.75. The number of anilines is 1. The molecule has 152 valence electrons. The molecule has 0 fully saturated rings. The third-order valence-corrected chi connectivity index (χ3v) is 5.33. The Kier molecular flexibility index (Phi) is 5.36. The van der Waals surface area contributed by atoms with Gasteiger partial charge >= 0.3 is 0 Å². The van der Waals surface area contributed by atoms with Crippen molar-refractivity contribution in [1.29, 1.82) is 0 Å². The Bertz CT molecular complexity index is 1220. The van der Waals surface area contributed by atoms with Crippen LogP contribution in [0.2, 0.25) is 0 Å². The van der Waals surface area contributed by atoms with E-state index in [4.69, 9.17) is 0 Å². The second-order valence-electron chi connectivity index (χ2n) is 7.45. The maximum atomic E-state index is 13.7. The van der Waals surface area contributed by atoms with Gasteiger partial charge in [0, 0.05) is 52.0 Å². The molecule has 0 unspecified atom stereocenters. The second-order valence-corrected chi connectivity index (χ2v) is 7.45. The van der Waals surface area contributed by atoms with E-state index in [1.54, 1.807) is 6.20 Å². The fraction of sp³-hybridized carbons (Fsp3) is 0.160. The lowest BCUT2D eigenvalue weighted by Gasteiger charge is -2.13. The van der Waals surface area contributed by atoms with Crippen molar-refractivity contribution in [2.45, 2.75) is 26.7 Å². The van der Waals surface area contributed by atoms with Gasteiger partial charge in [0.15, 0.2) is 11.6 Å². The molecule has 0 amide bonds. The van der Waals surface area contributed by atoms with Crippen LogP contribution in [0.25, 0.3) is 16.6 Å². The number of aromatic amines is 1. The number of aryl methyl sites for hydroxylation is 2. The summed E-state index contributed by atoms with van der Waals surface area (Å²) < 4.78 is 27.1. The van der Waals surface area contributed by atoms with Gasteiger partial charge in [0.1, 0.15) is 0 Å². The number of halogens is 2. The second kappa shape index (κ2) is 8.11. The zero-order chi connectivity index (χ0) is 21.3. The van der Waals surface area contributed by atoms with Crippen molar-refractivity contribution in [3.63, 3.8) is 0 Å². The van der Waals surface area contributed by atoms with Gasteiger partial charge in [-0.05, 0) is 60.7 Å². The first-order valence-electron chi connectivity index (χ1n) is 9.90. The van der Waals surface area contributed by atoms with Crippen molar-refractivity contribution in [1.82, 2.24) is 9.97 Å². The van der Waals surface area contributed by atoms with Crippen LogP contribution in [-0.2, 0) is 12.8 Å². The van der Waals surface area contributed by atoms with E-state index in [0.29, 0.717) is 22.2 Å². The number of rotatable bonds is 6. The Balaban J connectivity index is 1.52. The topological polar surface area (TPSA) is 40.7 Å². The number of aromatic nitrogens is 2. The molecule has 2 aromatic heterocycles. The molecule has 0 saturated carbocycles. The number of benzene rings is 2. The first-order valence-corrected chi connectivity index (χ1v) is 9.90. The highest BCUT2D eigenvalue weighted by Crippen LogP contribution is 2.28. The van der Waals surface area contributed by atoms with E-state index in [9.17, 15) is 8.78 Å². The van der Waals surface area contributed by atoms with E-state index in [2.05, 4.69) is 60.0 Å². The molecule has 2 heterocycles. The SMILES string of the molecule is C=C(Nc1ccc(Cc2ccc(CC)nc2)c(C)c1)c1c[nH]c2cc(F)c(F)cc12. The van der Waals surface area contributed by atoms with Gasteiger partial charge in [-0.2, -0.15) is 0 Å². The molecule has 30 heavy (non-hydrogen) atoms. The summed E-state index contributed by atoms with van der Waals surface area (Å²) in [5, 5.41) is 3.86. The van der Waals surface area contributed by atoms with Gasteiger partial charge in [0.05, 0.1) is 0 Å². The zero-order valence-corrected chi connectivity index (χ0v) is 17.0.